The van der Waals surface area contributed by atoms with Gasteiger partial charge in [-0.1, -0.05) is 304 Å². The summed E-state index contributed by atoms with van der Waals surface area (Å²) in [5, 5.41) is -9.62. The van der Waals surface area contributed by atoms with Gasteiger partial charge < -0.3 is 8.83 Å². The fraction of sp³-hybridized carbons (Fsp3) is 0.0303. The van der Waals surface area contributed by atoms with Gasteiger partial charge >= 0.3 is 0 Å². The molecule has 2 heterocycles. The highest BCUT2D eigenvalue weighted by Crippen LogP contribution is 2.52. The second-order valence-electron chi connectivity index (χ2n) is 23.1. The lowest BCUT2D eigenvalue weighted by Gasteiger charge is -2.22. The van der Waals surface area contributed by atoms with Crippen molar-refractivity contribution >= 4 is 109 Å². The number of hydrogen-bond acceptors (Lipinski definition) is 2. The highest BCUT2D eigenvalue weighted by atomic mass is 16.3. The van der Waals surface area contributed by atoms with Crippen LogP contribution in [0.2, 0.25) is 0 Å². The fourth-order valence-corrected chi connectivity index (χ4v) is 12.6. The number of benzene rings is 18. The van der Waals surface area contributed by atoms with Crippen molar-refractivity contribution in [3.8, 4) is 89.0 Å². The first kappa shape index (κ1) is 24.5. The van der Waals surface area contributed by atoms with Crippen LogP contribution in [-0.2, 0) is 5.41 Å². The van der Waals surface area contributed by atoms with Crippen molar-refractivity contribution in [1.82, 2.24) is 0 Å². The number of fused-ring (bicyclic) bond motifs is 15. The van der Waals surface area contributed by atoms with Crippen LogP contribution in [0.3, 0.4) is 0 Å². The highest BCUT2D eigenvalue weighted by Gasteiger charge is 2.35. The van der Waals surface area contributed by atoms with Crippen molar-refractivity contribution in [2.75, 3.05) is 0 Å². The molecule has 1 aliphatic carbocycles. The molecule has 0 atom stereocenters. The van der Waals surface area contributed by atoms with Crippen LogP contribution in [0.5, 0.6) is 0 Å². The first-order chi connectivity index (χ1) is 74.0. The summed E-state index contributed by atoms with van der Waals surface area (Å²) < 4.78 is 537. The molecule has 2 aromatic heterocycles. The zero-order valence-corrected chi connectivity index (χ0v) is 51.3. The molecule has 472 valence electrons. The highest BCUT2D eigenvalue weighted by molar-refractivity contribution is 6.23. The topological polar surface area (TPSA) is 26.3 Å². The zero-order valence-electron chi connectivity index (χ0n) is 109. The minimum absolute atomic E-state index is 0.0278. The lowest BCUT2D eigenvalue weighted by atomic mass is 9.81. The van der Waals surface area contributed by atoms with Crippen LogP contribution in [0.1, 0.15) is 104 Å². The van der Waals surface area contributed by atoms with Crippen molar-refractivity contribution in [1.29, 1.82) is 0 Å². The normalized spacial score (nSPS) is 20.6. The molecule has 2 nitrogen and oxygen atoms in total. The van der Waals surface area contributed by atoms with E-state index in [0.717, 1.165) is 0 Å². The molecule has 0 bridgehead atoms. The molecule has 0 radical (unpaired) electrons. The molecule has 0 amide bonds. The summed E-state index contributed by atoms with van der Waals surface area (Å²) >= 11 is 0. The molecular weight excluding hydrogens is 1220 g/mol. The van der Waals surface area contributed by atoms with Crippen LogP contribution >= 0.6 is 0 Å². The second-order valence-corrected chi connectivity index (χ2v) is 23.1. The summed E-state index contributed by atoms with van der Waals surface area (Å²) in [5.74, 6) is 0. The smallest absolute Gasteiger partial charge is 0.136 e. The van der Waals surface area contributed by atoms with Crippen molar-refractivity contribution in [3.63, 3.8) is 0 Å². The summed E-state index contributed by atoms with van der Waals surface area (Å²) in [6.07, 6.45) is 0. The molecule has 0 unspecified atom stereocenters. The molecule has 101 heavy (non-hydrogen) atoms. The van der Waals surface area contributed by atoms with Gasteiger partial charge in [0.15, 0.2) is 0 Å². The molecule has 0 spiro atoms. The summed E-state index contributed by atoms with van der Waals surface area (Å²) in [4.78, 5) is 0. The fourth-order valence-electron chi connectivity index (χ4n) is 12.6. The van der Waals surface area contributed by atoms with Crippen molar-refractivity contribution in [2.24, 2.45) is 0 Å². The first-order valence-corrected chi connectivity index (χ1v) is 30.3. The Balaban J connectivity index is 0.000000190. The van der Waals surface area contributed by atoms with E-state index in [0.29, 0.717) is 0 Å². The van der Waals surface area contributed by atoms with Crippen molar-refractivity contribution in [3.05, 3.63) is 362 Å². The van der Waals surface area contributed by atoms with E-state index in [-0.39, 0.29) is 22.3 Å². The minimum atomic E-state index is -1.46. The van der Waals surface area contributed by atoms with E-state index in [4.69, 9.17) is 55.4 Å². The van der Waals surface area contributed by atoms with E-state index >= 15 is 0 Å². The van der Waals surface area contributed by atoms with E-state index < -0.39 is 542 Å². The molecule has 20 aromatic rings. The second kappa shape index (κ2) is 23.1. The van der Waals surface area contributed by atoms with E-state index in [1.54, 1.807) is 0 Å². The van der Waals surface area contributed by atoms with E-state index in [1.807, 2.05) is 0 Å². The zero-order chi connectivity index (χ0) is 117. The van der Waals surface area contributed by atoms with Crippen LogP contribution in [0.4, 0.5) is 0 Å². The quantitative estimate of drug-likeness (QED) is 0.149. The summed E-state index contributed by atoms with van der Waals surface area (Å²) in [6, 6.07) is -52.2. The summed E-state index contributed by atoms with van der Waals surface area (Å²) in [7, 11) is 0. The number of hydrogen-bond donors (Lipinski definition) is 0. The molecule has 0 aliphatic heterocycles. The van der Waals surface area contributed by atoms with Crippen molar-refractivity contribution in [2.45, 2.75) is 19.3 Å². The van der Waals surface area contributed by atoms with Gasteiger partial charge in [0.1, 0.15) is 22.3 Å². The maximum Gasteiger partial charge on any atom is 0.136 e. The third-order valence-electron chi connectivity index (χ3n) is 17.1. The molecule has 1 aliphatic rings. The molecule has 0 saturated carbocycles. The van der Waals surface area contributed by atoms with Gasteiger partial charge in [-0.05, 0) is 225 Å². The van der Waals surface area contributed by atoms with E-state index in [9.17, 15) is 32.9 Å². The van der Waals surface area contributed by atoms with Gasteiger partial charge in [0, 0.05) is 27.0 Å². The van der Waals surface area contributed by atoms with Gasteiger partial charge in [0.2, 0.25) is 0 Å². The van der Waals surface area contributed by atoms with Gasteiger partial charge in [-0.2, -0.15) is 0 Å². The Kier molecular flexibility index (Phi) is 5.62. The molecule has 0 fully saturated rings. The monoisotopic (exact) mass is 1340 g/mol. The van der Waals surface area contributed by atoms with Crippen LogP contribution in [0, 0.1) is 0 Å². The average molecular weight is 1340 g/mol. The van der Waals surface area contributed by atoms with E-state index in [2.05, 4.69) is 0 Å². The predicted molar refractivity (Wildman–Crippen MR) is 428 cm³/mol. The first-order valence-electron chi connectivity index (χ1n) is 59.3. The van der Waals surface area contributed by atoms with Gasteiger partial charge in [0.25, 0.3) is 0 Å². The number of furan rings is 2. The lowest BCUT2D eigenvalue weighted by molar-refractivity contribution is 0.660. The van der Waals surface area contributed by atoms with Gasteiger partial charge in [-0.3, -0.25) is 0 Å². The van der Waals surface area contributed by atoms with Crippen molar-refractivity contribution < 1.29 is 88.3 Å². The van der Waals surface area contributed by atoms with Crippen LogP contribution in [-0.4, -0.2) is 0 Å². The number of rotatable bonds is 7. The summed E-state index contributed by atoms with van der Waals surface area (Å²) in [6.45, 7) is 3.06. The van der Waals surface area contributed by atoms with Gasteiger partial charge in [-0.25, -0.2) is 0 Å². The predicted octanol–water partition coefficient (Wildman–Crippen LogP) is 28.1. The van der Waals surface area contributed by atoms with Gasteiger partial charge in [-0.15, -0.1) is 0 Å². The molecule has 0 N–H and O–H groups in total. The Morgan fingerprint density at radius 3 is 0.970 bits per heavy atom. The minimum Gasteiger partial charge on any atom is -0.456 e. The third kappa shape index (κ3) is 9.55. The van der Waals surface area contributed by atoms with Crippen LogP contribution < -0.4 is 0 Å². The third-order valence-corrected chi connectivity index (χ3v) is 17.1. The maximum absolute atomic E-state index is 9.92. The molecule has 0 saturated heterocycles. The van der Waals surface area contributed by atoms with Crippen LogP contribution in [0.25, 0.3) is 198 Å². The molecule has 18 aromatic carbocycles. The Morgan fingerprint density at radius 1 is 0.198 bits per heavy atom. The molecule has 2 heteroatoms. The Hall–Kier alpha value is -12.9. The molecular formula is C99H64O2. The average Bonchev–Trinajstić information content (AvgIpc) is 1.68. The SMILES string of the molecule is [2H]c1c([2H])c([2H])c(-c2c([2H])c([2H])c([2H])c(-c3c4c([2H])c([2H])c([2H])c([2H])c4c(-c4c([2H])c([2H])c(-c5c([2H])c([2H])c6oc7c([2H])c8c([2H])c([2H])c([2H])c([2H])c8c([2H])c7c6c5[2H])c([2H])c4[2H])c4c([2H])c([2H])c([2H])c([2H])c34)c2[2H])c([2H])c1[2H].[2H]c1c([2H])c([2H])c2c(c1[2H])-c1c([2H])c(-c3c4c([2H])c([2H])c([2H])c([2H])c4c(-c4c([2H])c([2H])c(-c5c([2H])c([2H])c6oc7c([2H])c8c([2H])c([2H])c([2H])c([2H])c8c([2H])c7c6c5[2H])c([2H])c4[2H])c4c([2H])c([2H])c([2H])c([2H])c34)c([2H])c([2H])c1C2(C)C. The Bertz CT molecular complexity index is 10200. The maximum atomic E-state index is 9.92. The summed E-state index contributed by atoms with van der Waals surface area (Å²) in [5.41, 5.74) is -15.4. The van der Waals surface area contributed by atoms with Gasteiger partial charge in [0.05, 0.1) is 79.5 Å². The van der Waals surface area contributed by atoms with E-state index in [1.165, 1.54) is 13.8 Å². The largest absolute Gasteiger partial charge is 0.456 e. The lowest BCUT2D eigenvalue weighted by Crippen LogP contribution is -2.14. The Labute approximate surface area is 666 Å². The standard InChI is InChI=1S/C51H34O.C48H30O/c1-51(2)45-18-10-9-13-37(45)42-29-36(23-25-46(42)51)50-40-16-7-5-14-38(40)49(39-15-6-8-17-41(39)50)32-21-19-31(20-22-32)35-24-26-47-43(28-35)44-27-33-11-3-4-12-34(33)30-48(44)52-47;1-2-11-31(12-3-1)34-15-10-16-38(27-34)48-41-19-8-6-17-39(41)47(40-18-7-9-20-42(40)48)33-23-21-32(22-24-33)37-25-26-45-43(29-37)44-28-35-13-4-5-14-36(35)30-46(44)49-45/h3-30H,1-2H3;1-30H/i3D,4D,5D,6D,7D,8D,9D,10D,11D,12D,13D,14D,15D,16D,17D,18D,19D,20D,21D,22D,23D,24D,25D,26D,27D,28D,29D,30D;1D,2D,3D,4D,5D,6D,7D,8D,9D,10D,11D,12D,13D,14D,15D,16D,17D,18D,19D,20D,21D,22D,23D,24D,25D,26D,27D,28D,29D,30D. The van der Waals surface area contributed by atoms with Crippen LogP contribution in [0.15, 0.2) is 359 Å². The Morgan fingerprint density at radius 2 is 0.505 bits per heavy atom. The molecule has 21 rings (SSSR count).